The van der Waals surface area contributed by atoms with Crippen molar-refractivity contribution in [2.75, 3.05) is 0 Å². The van der Waals surface area contributed by atoms with E-state index in [1.807, 2.05) is 0 Å². The van der Waals surface area contributed by atoms with E-state index < -0.39 is 14.3 Å². The average molecular weight is 508 g/mol. The van der Waals surface area contributed by atoms with Gasteiger partial charge in [-0.05, 0) is 11.6 Å². The molecule has 0 spiro atoms. The number of hydrogen-bond acceptors (Lipinski definition) is 3. The fourth-order valence-corrected chi connectivity index (χ4v) is 0.720. The summed E-state index contributed by atoms with van der Waals surface area (Å²) in [6.45, 7) is 0. The molecule has 0 amide bonds. The SMILES string of the molecule is Fc1nnc(Cl)s1.[Cl][Ir]([Cl])([Cl])([Cl])[Cl]. The van der Waals surface area contributed by atoms with Gasteiger partial charge >= 0.3 is 56.9 Å². The Morgan fingerprint density at radius 3 is 1.54 bits per heavy atom. The van der Waals surface area contributed by atoms with Crippen molar-refractivity contribution in [1.82, 2.24) is 10.2 Å². The van der Waals surface area contributed by atoms with Crippen LogP contribution in [0.1, 0.15) is 0 Å². The van der Waals surface area contributed by atoms with Crippen LogP contribution < -0.4 is 0 Å². The normalized spacial score (nSPS) is 13.9. The number of rotatable bonds is 0. The molecule has 13 heavy (non-hydrogen) atoms. The molecule has 0 bridgehead atoms. The first-order chi connectivity index (χ1) is 5.52. The Balaban J connectivity index is 0.000000226. The van der Waals surface area contributed by atoms with Crippen molar-refractivity contribution in [2.24, 2.45) is 0 Å². The molecule has 1 aromatic rings. The first kappa shape index (κ1) is 14.9. The van der Waals surface area contributed by atoms with Crippen LogP contribution in [-0.4, -0.2) is 10.2 Å². The molecule has 0 saturated heterocycles. The van der Waals surface area contributed by atoms with E-state index in [1.54, 1.807) is 0 Å². The van der Waals surface area contributed by atoms with E-state index in [9.17, 15) is 4.39 Å². The summed E-state index contributed by atoms with van der Waals surface area (Å²) in [6, 6.07) is 0. The monoisotopic (exact) mass is 506 g/mol. The molecule has 1 heterocycles. The summed E-state index contributed by atoms with van der Waals surface area (Å²) in [5.74, 6) is 0. The second-order valence-electron chi connectivity index (χ2n) is 1.28. The van der Waals surface area contributed by atoms with Gasteiger partial charge in [-0.2, -0.15) is 4.39 Å². The molecule has 0 aliphatic rings. The molecule has 0 saturated carbocycles. The first-order valence-electron chi connectivity index (χ1n) is 2.06. The van der Waals surface area contributed by atoms with Gasteiger partial charge in [0.2, 0.25) is 4.47 Å². The Bertz CT molecular complexity index is 248. The van der Waals surface area contributed by atoms with Crippen molar-refractivity contribution in [3.63, 3.8) is 0 Å². The summed E-state index contributed by atoms with van der Waals surface area (Å²) >= 11 is 5.88. The van der Waals surface area contributed by atoms with E-state index in [2.05, 4.69) is 10.2 Å². The summed E-state index contributed by atoms with van der Waals surface area (Å²) in [5, 5.41) is 5.57. The maximum atomic E-state index is 11.7. The predicted octanol–water partition coefficient (Wildman–Crippen LogP) is 4.78. The molecule has 0 radical (unpaired) electrons. The summed E-state index contributed by atoms with van der Waals surface area (Å²) in [4.78, 5) is 0. The van der Waals surface area contributed by atoms with E-state index in [0.29, 0.717) is 0 Å². The first-order valence-corrected chi connectivity index (χ1v) is 18.1. The third kappa shape index (κ3) is 16.5. The van der Waals surface area contributed by atoms with Gasteiger partial charge in [-0.1, -0.05) is 11.3 Å². The molecule has 2 nitrogen and oxygen atoms in total. The number of nitrogens with zero attached hydrogens (tertiary/aromatic N) is 2. The maximum absolute atomic E-state index is 11.7. The van der Waals surface area contributed by atoms with Crippen LogP contribution in [0.15, 0.2) is 0 Å². The Hall–Kier alpha value is 1.88. The zero-order valence-corrected chi connectivity index (χ0v) is 13.0. The zero-order chi connectivity index (χ0) is 10.7. The molecule has 0 aromatic carbocycles. The fraction of sp³-hybridized carbons (Fsp3) is 0. The van der Waals surface area contributed by atoms with Crippen LogP contribution in [0.3, 0.4) is 0 Å². The molecular weight excluding hydrogens is 508 g/mol. The van der Waals surface area contributed by atoms with Crippen molar-refractivity contribution in [3.8, 4) is 0 Å². The van der Waals surface area contributed by atoms with Crippen LogP contribution >= 0.6 is 70.9 Å². The Kier molecular flexibility index (Phi) is 6.04. The van der Waals surface area contributed by atoms with Crippen LogP contribution in [0.2, 0.25) is 4.47 Å². The van der Waals surface area contributed by atoms with E-state index >= 15 is 0 Å². The van der Waals surface area contributed by atoms with Gasteiger partial charge in [0, 0.05) is 0 Å². The second-order valence-corrected chi connectivity index (χ2v) is 37.4. The van der Waals surface area contributed by atoms with Gasteiger partial charge in [-0.15, -0.1) is 10.2 Å². The summed E-state index contributed by atoms with van der Waals surface area (Å²) in [5.41, 5.74) is 0. The molecule has 0 N–H and O–H groups in total. The number of hydrogen-bond donors (Lipinski definition) is 0. The average Bonchev–Trinajstić information content (AvgIpc) is 2.07. The van der Waals surface area contributed by atoms with E-state index in [4.69, 9.17) is 59.5 Å². The minimum atomic E-state index is -4.24. The molecule has 0 aliphatic carbocycles. The van der Waals surface area contributed by atoms with Crippen LogP contribution in [0.5, 0.6) is 0 Å². The fourth-order valence-electron chi connectivity index (χ4n) is 0.189. The van der Waals surface area contributed by atoms with Crippen LogP contribution in [0, 0.1) is 5.26 Å². The summed E-state index contributed by atoms with van der Waals surface area (Å²) in [6.07, 6.45) is 0. The van der Waals surface area contributed by atoms with Crippen molar-refractivity contribution in [1.29, 1.82) is 0 Å². The molecule has 0 unspecified atom stereocenters. The molecule has 0 fully saturated rings. The summed E-state index contributed by atoms with van der Waals surface area (Å²) < 4.78 is 11.8. The van der Waals surface area contributed by atoms with Crippen molar-refractivity contribution in [2.45, 2.75) is 0 Å². The van der Waals surface area contributed by atoms with Gasteiger partial charge in [0.15, 0.2) is 0 Å². The predicted molar refractivity (Wildman–Crippen MR) is 54.1 cm³/mol. The molecular formula is C2Cl6FIrN2S. The topological polar surface area (TPSA) is 25.8 Å². The van der Waals surface area contributed by atoms with E-state index in [1.165, 1.54) is 0 Å². The van der Waals surface area contributed by atoms with Crippen molar-refractivity contribution in [3.05, 3.63) is 9.73 Å². The third-order valence-corrected chi connectivity index (χ3v) is 1.18. The Morgan fingerprint density at radius 1 is 1.08 bits per heavy atom. The van der Waals surface area contributed by atoms with Crippen LogP contribution in [0.4, 0.5) is 4.39 Å². The Morgan fingerprint density at radius 2 is 1.46 bits per heavy atom. The van der Waals surface area contributed by atoms with Gasteiger partial charge in [0.1, 0.15) is 0 Å². The number of halogens is 7. The molecule has 82 valence electrons. The van der Waals surface area contributed by atoms with Crippen LogP contribution in [-0.2, 0) is 9.02 Å². The molecule has 0 atom stereocenters. The standard InChI is InChI=1S/C2ClFN2S.5ClH.Ir/c3-1-5-6-2(4)7-1;;;;;;/h;5*1H;/q;;;;;;+5/p-5. The minimum absolute atomic E-state index is 0.137. The molecule has 0 aliphatic heterocycles. The zero-order valence-electron chi connectivity index (χ0n) is 5.28. The quantitative estimate of drug-likeness (QED) is 0.505. The molecule has 1 rings (SSSR count). The second kappa shape index (κ2) is 5.28. The van der Waals surface area contributed by atoms with Gasteiger partial charge in [-0.25, -0.2) is 0 Å². The van der Waals surface area contributed by atoms with E-state index in [-0.39, 0.29) is 4.47 Å². The summed E-state index contributed by atoms with van der Waals surface area (Å²) in [7, 11) is 21.0. The van der Waals surface area contributed by atoms with Crippen molar-refractivity contribution < 1.29 is 13.4 Å². The molecule has 1 aromatic heterocycles. The Labute approximate surface area is 103 Å². The van der Waals surface area contributed by atoms with Gasteiger partial charge in [-0.3, -0.25) is 0 Å². The van der Waals surface area contributed by atoms with Crippen molar-refractivity contribution >= 4 is 70.9 Å². The van der Waals surface area contributed by atoms with Crippen LogP contribution in [0.25, 0.3) is 0 Å². The number of aromatic nitrogens is 2. The third-order valence-electron chi connectivity index (χ3n) is 0.376. The van der Waals surface area contributed by atoms with Gasteiger partial charge in [0.25, 0.3) is 5.26 Å². The van der Waals surface area contributed by atoms with Gasteiger partial charge < -0.3 is 0 Å². The van der Waals surface area contributed by atoms with Gasteiger partial charge in [0.05, 0.1) is 0 Å². The van der Waals surface area contributed by atoms with E-state index in [0.717, 1.165) is 11.3 Å². The molecule has 11 heteroatoms.